The maximum atomic E-state index is 11.9. The second-order valence-corrected chi connectivity index (χ2v) is 4.69. The topological polar surface area (TPSA) is 87.8 Å². The van der Waals surface area contributed by atoms with E-state index >= 15 is 0 Å². The highest BCUT2D eigenvalue weighted by atomic mass is 35.5. The molecule has 1 aromatic carbocycles. The molecule has 0 fully saturated rings. The molecule has 0 heterocycles. The van der Waals surface area contributed by atoms with Crippen LogP contribution in [0, 0.1) is 0 Å². The number of nitrogens with one attached hydrogen (secondary N) is 1. The predicted octanol–water partition coefficient (Wildman–Crippen LogP) is 0.801. The Morgan fingerprint density at radius 3 is 2.85 bits per heavy atom. The third-order valence-electron chi connectivity index (χ3n) is 2.66. The maximum absolute atomic E-state index is 11.9. The number of carbonyl (C=O) groups excluding carboxylic acids is 1. The summed E-state index contributed by atoms with van der Waals surface area (Å²) >= 11 is 5.99. The average Bonchev–Trinajstić information content (AvgIpc) is 2.39. The van der Waals surface area contributed by atoms with Gasteiger partial charge in [-0.3, -0.25) is 9.69 Å². The molecule has 1 aromatic rings. The van der Waals surface area contributed by atoms with Crippen molar-refractivity contribution in [1.29, 1.82) is 0 Å². The SMILES string of the molecule is COCCN(CCO)CC(=O)Nc1ccc(N)cc1Cl. The number of aliphatic hydroxyl groups excluding tert-OH is 1. The Labute approximate surface area is 123 Å². The summed E-state index contributed by atoms with van der Waals surface area (Å²) in [4.78, 5) is 13.7. The molecule has 0 atom stereocenters. The van der Waals surface area contributed by atoms with E-state index in [-0.39, 0.29) is 19.1 Å². The van der Waals surface area contributed by atoms with Crippen LogP contribution in [0.1, 0.15) is 0 Å². The molecule has 7 heteroatoms. The van der Waals surface area contributed by atoms with Crippen molar-refractivity contribution >= 4 is 28.9 Å². The van der Waals surface area contributed by atoms with Crippen molar-refractivity contribution in [1.82, 2.24) is 4.90 Å². The summed E-state index contributed by atoms with van der Waals surface area (Å²) in [6, 6.07) is 4.90. The molecule has 0 aliphatic rings. The summed E-state index contributed by atoms with van der Waals surface area (Å²) in [5.41, 5.74) is 6.64. The highest BCUT2D eigenvalue weighted by molar-refractivity contribution is 6.34. The number of anilines is 2. The number of halogens is 1. The van der Waals surface area contributed by atoms with Gasteiger partial charge >= 0.3 is 0 Å². The van der Waals surface area contributed by atoms with Crippen LogP contribution >= 0.6 is 11.6 Å². The van der Waals surface area contributed by atoms with Gasteiger partial charge in [0.1, 0.15) is 0 Å². The van der Waals surface area contributed by atoms with Gasteiger partial charge in [-0.2, -0.15) is 0 Å². The summed E-state index contributed by atoms with van der Waals surface area (Å²) < 4.78 is 4.96. The second-order valence-electron chi connectivity index (χ2n) is 4.28. The van der Waals surface area contributed by atoms with Crippen molar-refractivity contribution in [3.8, 4) is 0 Å². The molecule has 0 spiro atoms. The summed E-state index contributed by atoms with van der Waals surface area (Å²) in [5.74, 6) is -0.207. The Kier molecular flexibility index (Phi) is 7.32. The Balaban J connectivity index is 2.55. The standard InChI is InChI=1S/C13H20ClN3O3/c1-20-7-5-17(4-6-18)9-13(19)16-12-3-2-10(15)8-11(12)14/h2-3,8,18H,4-7,9,15H2,1H3,(H,16,19). The number of nitrogens with two attached hydrogens (primary N) is 1. The van der Waals surface area contributed by atoms with Crippen LogP contribution in [0.2, 0.25) is 5.02 Å². The van der Waals surface area contributed by atoms with Crippen LogP contribution < -0.4 is 11.1 Å². The monoisotopic (exact) mass is 301 g/mol. The average molecular weight is 302 g/mol. The van der Waals surface area contributed by atoms with Gasteiger partial charge in [-0.1, -0.05) is 11.6 Å². The molecule has 0 saturated heterocycles. The first-order valence-electron chi connectivity index (χ1n) is 6.24. The van der Waals surface area contributed by atoms with Crippen molar-refractivity contribution < 1.29 is 14.6 Å². The summed E-state index contributed by atoms with van der Waals surface area (Å²) in [6.07, 6.45) is 0. The van der Waals surface area contributed by atoms with Crippen molar-refractivity contribution in [3.63, 3.8) is 0 Å². The van der Waals surface area contributed by atoms with Crippen molar-refractivity contribution in [2.75, 3.05) is 51.0 Å². The number of carbonyl (C=O) groups is 1. The van der Waals surface area contributed by atoms with Gasteiger partial charge < -0.3 is 20.9 Å². The van der Waals surface area contributed by atoms with Gasteiger partial charge in [-0.05, 0) is 18.2 Å². The van der Waals surface area contributed by atoms with Crippen LogP contribution in [0.4, 0.5) is 11.4 Å². The van der Waals surface area contributed by atoms with E-state index in [0.29, 0.717) is 36.1 Å². The molecule has 0 aromatic heterocycles. The highest BCUT2D eigenvalue weighted by Gasteiger charge is 2.11. The summed E-state index contributed by atoms with van der Waals surface area (Å²) in [6.45, 7) is 1.62. The molecule has 20 heavy (non-hydrogen) atoms. The van der Waals surface area contributed by atoms with E-state index < -0.39 is 0 Å². The van der Waals surface area contributed by atoms with Crippen LogP contribution in [0.5, 0.6) is 0 Å². The quantitative estimate of drug-likeness (QED) is 0.618. The first-order valence-corrected chi connectivity index (χ1v) is 6.61. The highest BCUT2D eigenvalue weighted by Crippen LogP contribution is 2.23. The molecule has 1 amide bonds. The van der Waals surface area contributed by atoms with Crippen LogP contribution in [0.25, 0.3) is 0 Å². The molecule has 0 unspecified atom stereocenters. The van der Waals surface area contributed by atoms with Gasteiger partial charge in [-0.15, -0.1) is 0 Å². The number of amides is 1. The van der Waals surface area contributed by atoms with Crippen LogP contribution in [0.3, 0.4) is 0 Å². The molecule has 0 aliphatic carbocycles. The van der Waals surface area contributed by atoms with Crippen LogP contribution in [-0.4, -0.2) is 55.9 Å². The Bertz CT molecular complexity index is 443. The molecule has 0 aliphatic heterocycles. The van der Waals surface area contributed by atoms with E-state index in [1.54, 1.807) is 30.2 Å². The molecule has 0 saturated carbocycles. The zero-order valence-corrected chi connectivity index (χ0v) is 12.2. The number of benzene rings is 1. The summed E-state index contributed by atoms with van der Waals surface area (Å²) in [5, 5.41) is 12.1. The molecule has 4 N–H and O–H groups in total. The molecule has 1 rings (SSSR count). The molecule has 6 nitrogen and oxygen atoms in total. The van der Waals surface area contributed by atoms with Crippen molar-refractivity contribution in [2.45, 2.75) is 0 Å². The van der Waals surface area contributed by atoms with E-state index in [9.17, 15) is 4.79 Å². The van der Waals surface area contributed by atoms with E-state index in [0.717, 1.165) is 0 Å². The second kappa shape index (κ2) is 8.76. The lowest BCUT2D eigenvalue weighted by atomic mass is 10.3. The number of rotatable bonds is 8. The minimum absolute atomic E-state index is 0.0143. The van der Waals surface area contributed by atoms with Gasteiger partial charge in [0.15, 0.2) is 0 Å². The van der Waals surface area contributed by atoms with Gasteiger partial charge in [0.2, 0.25) is 5.91 Å². The van der Waals surface area contributed by atoms with Crippen LogP contribution in [-0.2, 0) is 9.53 Å². The maximum Gasteiger partial charge on any atom is 0.238 e. The zero-order chi connectivity index (χ0) is 15.0. The third kappa shape index (κ3) is 5.75. The Hall–Kier alpha value is -1.34. The number of methoxy groups -OCH3 is 1. The number of hydrogen-bond donors (Lipinski definition) is 3. The number of nitrogens with zero attached hydrogens (tertiary/aromatic N) is 1. The van der Waals surface area contributed by atoms with E-state index in [2.05, 4.69) is 5.32 Å². The number of aliphatic hydroxyl groups is 1. The van der Waals surface area contributed by atoms with Gasteiger partial charge in [0.05, 0.1) is 30.5 Å². The van der Waals surface area contributed by atoms with E-state index in [1.165, 1.54) is 0 Å². The van der Waals surface area contributed by atoms with Crippen molar-refractivity contribution in [2.24, 2.45) is 0 Å². The normalized spacial score (nSPS) is 10.8. The molecule has 0 radical (unpaired) electrons. The minimum atomic E-state index is -0.207. The predicted molar refractivity (Wildman–Crippen MR) is 79.9 cm³/mol. The number of ether oxygens (including phenoxy) is 1. The van der Waals surface area contributed by atoms with Crippen molar-refractivity contribution in [3.05, 3.63) is 23.2 Å². The molecular weight excluding hydrogens is 282 g/mol. The minimum Gasteiger partial charge on any atom is -0.399 e. The fourth-order valence-corrected chi connectivity index (χ4v) is 1.89. The molecular formula is C13H20ClN3O3. The fraction of sp³-hybridized carbons (Fsp3) is 0.462. The lowest BCUT2D eigenvalue weighted by Crippen LogP contribution is -2.37. The van der Waals surface area contributed by atoms with E-state index in [4.69, 9.17) is 27.2 Å². The van der Waals surface area contributed by atoms with E-state index in [1.807, 2.05) is 0 Å². The van der Waals surface area contributed by atoms with Gasteiger partial charge in [0, 0.05) is 25.9 Å². The Morgan fingerprint density at radius 1 is 1.50 bits per heavy atom. The smallest absolute Gasteiger partial charge is 0.238 e. The lowest BCUT2D eigenvalue weighted by Gasteiger charge is -2.20. The van der Waals surface area contributed by atoms with Gasteiger partial charge in [0.25, 0.3) is 0 Å². The molecule has 0 bridgehead atoms. The number of nitrogen functional groups attached to an aromatic ring is 1. The molecule has 112 valence electrons. The van der Waals surface area contributed by atoms with Gasteiger partial charge in [-0.25, -0.2) is 0 Å². The zero-order valence-electron chi connectivity index (χ0n) is 11.4. The first-order chi connectivity index (χ1) is 9.56. The van der Waals surface area contributed by atoms with Crippen LogP contribution in [0.15, 0.2) is 18.2 Å². The Morgan fingerprint density at radius 2 is 2.25 bits per heavy atom. The largest absolute Gasteiger partial charge is 0.399 e. The summed E-state index contributed by atoms with van der Waals surface area (Å²) in [7, 11) is 1.59. The first kappa shape index (κ1) is 16.7. The lowest BCUT2D eigenvalue weighted by molar-refractivity contribution is -0.117. The third-order valence-corrected chi connectivity index (χ3v) is 2.98. The fourth-order valence-electron chi connectivity index (χ4n) is 1.66. The number of hydrogen-bond acceptors (Lipinski definition) is 5.